The molecule has 1 aromatic carbocycles. The highest BCUT2D eigenvalue weighted by molar-refractivity contribution is 5.84. The van der Waals surface area contributed by atoms with Gasteiger partial charge in [0.15, 0.2) is 0 Å². The van der Waals surface area contributed by atoms with E-state index in [1.165, 1.54) is 10.9 Å². The number of hydrogen-bond acceptors (Lipinski definition) is 2. The summed E-state index contributed by atoms with van der Waals surface area (Å²) >= 11 is 0. The highest BCUT2D eigenvalue weighted by Gasteiger charge is 2.14. The molecule has 0 spiro atoms. The van der Waals surface area contributed by atoms with Crippen molar-refractivity contribution in [3.05, 3.63) is 53.5 Å². The molecule has 0 aliphatic heterocycles. The lowest BCUT2D eigenvalue weighted by Crippen LogP contribution is -2.06. The summed E-state index contributed by atoms with van der Waals surface area (Å²) in [5.74, 6) is 0. The van der Waals surface area contributed by atoms with Crippen LogP contribution in [0.3, 0.4) is 0 Å². The van der Waals surface area contributed by atoms with E-state index in [2.05, 4.69) is 46.9 Å². The fraction of sp³-hybridized carbons (Fsp3) is 0.267. The van der Waals surface area contributed by atoms with Gasteiger partial charge >= 0.3 is 0 Å². The normalized spacial score (nSPS) is 13.0. The van der Waals surface area contributed by atoms with Gasteiger partial charge in [0, 0.05) is 18.0 Å². The van der Waals surface area contributed by atoms with Crippen LogP contribution < -0.4 is 0 Å². The smallest absolute Gasteiger partial charge is 0.0685 e. The number of aliphatic hydroxyl groups is 1. The number of nitrogens with zero attached hydrogens (tertiary/aromatic N) is 2. The van der Waals surface area contributed by atoms with E-state index in [4.69, 9.17) is 0 Å². The number of benzene rings is 1. The van der Waals surface area contributed by atoms with Gasteiger partial charge in [-0.1, -0.05) is 12.1 Å². The Balaban J connectivity index is 2.19. The molecule has 1 unspecified atom stereocenters. The summed E-state index contributed by atoms with van der Waals surface area (Å²) in [6.07, 6.45) is 5.86. The molecule has 0 bridgehead atoms. The molecule has 4 nitrogen and oxygen atoms in total. The van der Waals surface area contributed by atoms with Crippen LogP contribution in [-0.4, -0.2) is 19.9 Å². The first-order valence-electron chi connectivity index (χ1n) is 6.41. The summed E-state index contributed by atoms with van der Waals surface area (Å²) in [4.78, 5) is 0. The third kappa shape index (κ3) is 1.85. The van der Waals surface area contributed by atoms with Crippen molar-refractivity contribution in [2.24, 2.45) is 0 Å². The summed E-state index contributed by atoms with van der Waals surface area (Å²) in [5, 5.41) is 17.5. The van der Waals surface area contributed by atoms with Crippen molar-refractivity contribution < 1.29 is 5.11 Å². The molecule has 19 heavy (non-hydrogen) atoms. The van der Waals surface area contributed by atoms with E-state index in [1.54, 1.807) is 0 Å². The molecule has 2 N–H and O–H groups in total. The average Bonchev–Trinajstić information content (AvgIpc) is 3.08. The van der Waals surface area contributed by atoms with Crippen molar-refractivity contribution >= 4 is 10.9 Å². The van der Waals surface area contributed by atoms with Gasteiger partial charge in [-0.3, -0.25) is 5.10 Å². The molecule has 1 atom stereocenters. The van der Waals surface area contributed by atoms with Crippen LogP contribution in [0.25, 0.3) is 10.9 Å². The number of nitrogens with one attached hydrogen (secondary N) is 1. The number of aliphatic hydroxyl groups excluding tert-OH is 1. The van der Waals surface area contributed by atoms with Crippen LogP contribution in [0.2, 0.25) is 0 Å². The molecule has 3 aromatic rings. The van der Waals surface area contributed by atoms with Crippen molar-refractivity contribution in [2.75, 3.05) is 0 Å². The van der Waals surface area contributed by atoms with E-state index >= 15 is 0 Å². The van der Waals surface area contributed by atoms with Crippen molar-refractivity contribution in [3.8, 4) is 0 Å². The van der Waals surface area contributed by atoms with E-state index < -0.39 is 0 Å². The molecule has 3 rings (SSSR count). The van der Waals surface area contributed by atoms with Crippen LogP contribution >= 0.6 is 0 Å². The molecule has 0 fully saturated rings. The first-order valence-corrected chi connectivity index (χ1v) is 6.41. The molecule has 2 aromatic heterocycles. The molecular formula is C15H17N3O. The zero-order chi connectivity index (χ0) is 13.4. The van der Waals surface area contributed by atoms with Gasteiger partial charge in [0.05, 0.1) is 24.4 Å². The summed E-state index contributed by atoms with van der Waals surface area (Å²) in [6.45, 7) is 4.29. The third-order valence-electron chi connectivity index (χ3n) is 3.84. The second-order valence-corrected chi connectivity index (χ2v) is 4.88. The Labute approximate surface area is 111 Å². The van der Waals surface area contributed by atoms with Crippen molar-refractivity contribution in [1.82, 2.24) is 14.8 Å². The molecule has 0 saturated heterocycles. The van der Waals surface area contributed by atoms with Gasteiger partial charge in [-0.05, 0) is 36.4 Å². The number of rotatable bonds is 3. The molecule has 0 aliphatic rings. The minimum Gasteiger partial charge on any atom is -0.392 e. The number of fused-ring (bicyclic) bond motifs is 1. The van der Waals surface area contributed by atoms with Crippen LogP contribution in [0.5, 0.6) is 0 Å². The number of aromatic nitrogens is 3. The zero-order valence-corrected chi connectivity index (χ0v) is 11.1. The first-order chi connectivity index (χ1) is 9.22. The van der Waals surface area contributed by atoms with Crippen LogP contribution in [0.4, 0.5) is 0 Å². The summed E-state index contributed by atoms with van der Waals surface area (Å²) in [7, 11) is 0. The maximum absolute atomic E-state index is 9.40. The van der Waals surface area contributed by atoms with Crippen molar-refractivity contribution in [1.29, 1.82) is 0 Å². The number of hydrogen-bond donors (Lipinski definition) is 2. The van der Waals surface area contributed by atoms with Crippen LogP contribution in [-0.2, 0) is 6.61 Å². The lowest BCUT2D eigenvalue weighted by atomic mass is 10.1. The Hall–Kier alpha value is -2.07. The van der Waals surface area contributed by atoms with Gasteiger partial charge in [0.1, 0.15) is 0 Å². The second kappa shape index (κ2) is 4.55. The Morgan fingerprint density at radius 3 is 2.89 bits per heavy atom. The van der Waals surface area contributed by atoms with Crippen LogP contribution in [0.1, 0.15) is 29.7 Å². The zero-order valence-electron chi connectivity index (χ0n) is 11.1. The van der Waals surface area contributed by atoms with Gasteiger partial charge in [0.2, 0.25) is 0 Å². The predicted octanol–water partition coefficient (Wildman–Crippen LogP) is 2.77. The summed E-state index contributed by atoms with van der Waals surface area (Å²) < 4.78 is 2.23. The Morgan fingerprint density at radius 2 is 2.21 bits per heavy atom. The van der Waals surface area contributed by atoms with Gasteiger partial charge in [0.25, 0.3) is 0 Å². The second-order valence-electron chi connectivity index (χ2n) is 4.88. The highest BCUT2D eigenvalue weighted by atomic mass is 16.3. The average molecular weight is 255 g/mol. The van der Waals surface area contributed by atoms with Gasteiger partial charge < -0.3 is 9.67 Å². The number of aromatic amines is 1. The summed E-state index contributed by atoms with van der Waals surface area (Å²) in [5.41, 5.74) is 4.44. The van der Waals surface area contributed by atoms with Crippen LogP contribution in [0.15, 0.2) is 36.8 Å². The van der Waals surface area contributed by atoms with E-state index in [1.807, 2.05) is 18.5 Å². The molecule has 0 aliphatic carbocycles. The molecule has 0 radical (unpaired) electrons. The Morgan fingerprint density at radius 1 is 1.37 bits per heavy atom. The maximum atomic E-state index is 9.40. The van der Waals surface area contributed by atoms with E-state index in [-0.39, 0.29) is 12.6 Å². The SMILES string of the molecule is Cc1c(CO)ccc2ccn(C(C)c3cn[nH]c3)c12. The Bertz CT molecular complexity index is 698. The van der Waals surface area contributed by atoms with E-state index in [0.717, 1.165) is 16.7 Å². The van der Waals surface area contributed by atoms with E-state index in [0.29, 0.717) is 0 Å². The quantitative estimate of drug-likeness (QED) is 0.756. The number of H-pyrrole nitrogens is 1. The molecule has 0 amide bonds. The number of aryl methyl sites for hydroxylation is 1. The fourth-order valence-electron chi connectivity index (χ4n) is 2.62. The monoisotopic (exact) mass is 255 g/mol. The van der Waals surface area contributed by atoms with Gasteiger partial charge in [-0.25, -0.2) is 0 Å². The van der Waals surface area contributed by atoms with Crippen molar-refractivity contribution in [2.45, 2.75) is 26.5 Å². The first kappa shape index (κ1) is 12.0. The summed E-state index contributed by atoms with van der Waals surface area (Å²) in [6, 6.07) is 6.38. The van der Waals surface area contributed by atoms with E-state index in [9.17, 15) is 5.11 Å². The highest BCUT2D eigenvalue weighted by Crippen LogP contribution is 2.28. The molecular weight excluding hydrogens is 238 g/mol. The lowest BCUT2D eigenvalue weighted by Gasteiger charge is -2.16. The molecule has 2 heterocycles. The third-order valence-corrected chi connectivity index (χ3v) is 3.84. The molecule has 4 heteroatoms. The molecule has 98 valence electrons. The minimum absolute atomic E-state index is 0.0764. The molecule has 0 saturated carbocycles. The maximum Gasteiger partial charge on any atom is 0.0685 e. The van der Waals surface area contributed by atoms with Gasteiger partial charge in [-0.15, -0.1) is 0 Å². The predicted molar refractivity (Wildman–Crippen MR) is 75.0 cm³/mol. The van der Waals surface area contributed by atoms with Crippen LogP contribution in [0, 0.1) is 6.92 Å². The largest absolute Gasteiger partial charge is 0.392 e. The standard InChI is InChI=1S/C15H17N3O/c1-10-13(9-19)4-3-12-5-6-18(15(10)12)11(2)14-7-16-17-8-14/h3-8,11,19H,9H2,1-2H3,(H,16,17). The minimum atomic E-state index is 0.0764. The lowest BCUT2D eigenvalue weighted by molar-refractivity contribution is 0.281. The van der Waals surface area contributed by atoms with Crippen molar-refractivity contribution in [3.63, 3.8) is 0 Å². The topological polar surface area (TPSA) is 53.8 Å². The fourth-order valence-corrected chi connectivity index (χ4v) is 2.62. The Kier molecular flexibility index (Phi) is 2.87. The van der Waals surface area contributed by atoms with Gasteiger partial charge in [-0.2, -0.15) is 5.10 Å².